The van der Waals surface area contributed by atoms with Gasteiger partial charge in [0.15, 0.2) is 0 Å². The molecule has 4 heteroatoms. The minimum absolute atomic E-state index is 0.00808. The average Bonchev–Trinajstić information content (AvgIpc) is 3.18. The van der Waals surface area contributed by atoms with Crippen LogP contribution in [-0.4, -0.2) is 21.0 Å². The highest BCUT2D eigenvalue weighted by Crippen LogP contribution is 2.31. The molecule has 0 unspecified atom stereocenters. The van der Waals surface area contributed by atoms with Crippen LogP contribution in [0.1, 0.15) is 22.7 Å². The van der Waals surface area contributed by atoms with Gasteiger partial charge in [-0.2, -0.15) is 5.10 Å². The van der Waals surface area contributed by atoms with Crippen LogP contribution >= 0.6 is 0 Å². The molecule has 1 aliphatic carbocycles. The molecule has 1 aliphatic rings. The van der Waals surface area contributed by atoms with E-state index >= 15 is 0 Å². The lowest BCUT2D eigenvalue weighted by molar-refractivity contribution is 0.140. The van der Waals surface area contributed by atoms with E-state index in [9.17, 15) is 5.11 Å². The van der Waals surface area contributed by atoms with E-state index in [0.717, 1.165) is 17.7 Å². The van der Waals surface area contributed by atoms with Crippen molar-refractivity contribution in [1.82, 2.24) is 15.1 Å². The summed E-state index contributed by atoms with van der Waals surface area (Å²) in [6.07, 6.45) is 4.25. The topological polar surface area (TPSA) is 50.1 Å². The van der Waals surface area contributed by atoms with Crippen LogP contribution in [0.15, 0.2) is 67.0 Å². The molecule has 2 N–H and O–H groups in total. The van der Waals surface area contributed by atoms with Crippen molar-refractivity contribution in [3.8, 4) is 5.69 Å². The van der Waals surface area contributed by atoms with Crippen molar-refractivity contribution in [2.45, 2.75) is 25.1 Å². The molecule has 23 heavy (non-hydrogen) atoms. The molecule has 0 spiro atoms. The number of fused-ring (bicyclic) bond motifs is 1. The second-order valence-electron chi connectivity index (χ2n) is 5.96. The highest BCUT2D eigenvalue weighted by molar-refractivity contribution is 5.36. The summed E-state index contributed by atoms with van der Waals surface area (Å²) in [6, 6.07) is 18.3. The van der Waals surface area contributed by atoms with Gasteiger partial charge in [0.25, 0.3) is 0 Å². The van der Waals surface area contributed by atoms with Gasteiger partial charge in [0.1, 0.15) is 0 Å². The standard InChI is InChI=1S/C19H19N3O/c23-18-10-15-6-4-5-9-17(15)19(18)20-11-14-12-21-22(13-14)16-7-2-1-3-8-16/h1-9,12-13,18-20,23H,10-11H2/t18-,19+/m0/s1. The molecule has 3 aromatic rings. The molecule has 2 atom stereocenters. The lowest BCUT2D eigenvalue weighted by Gasteiger charge is -2.17. The lowest BCUT2D eigenvalue weighted by atomic mass is 10.1. The highest BCUT2D eigenvalue weighted by Gasteiger charge is 2.30. The number of para-hydroxylation sites is 1. The molecule has 4 rings (SSSR count). The molecule has 116 valence electrons. The van der Waals surface area contributed by atoms with Crippen molar-refractivity contribution in [1.29, 1.82) is 0 Å². The van der Waals surface area contributed by atoms with E-state index in [2.05, 4.69) is 22.5 Å². The quantitative estimate of drug-likeness (QED) is 0.779. The number of aliphatic hydroxyl groups excluding tert-OH is 1. The monoisotopic (exact) mass is 305 g/mol. The van der Waals surface area contributed by atoms with Crippen molar-refractivity contribution in [2.24, 2.45) is 0 Å². The molecule has 0 fully saturated rings. The summed E-state index contributed by atoms with van der Waals surface area (Å²) in [5.41, 5.74) is 4.59. The summed E-state index contributed by atoms with van der Waals surface area (Å²) in [5, 5.41) is 18.2. The fraction of sp³-hybridized carbons (Fsp3) is 0.211. The molecule has 0 amide bonds. The van der Waals surface area contributed by atoms with E-state index in [4.69, 9.17) is 0 Å². The van der Waals surface area contributed by atoms with Gasteiger partial charge in [-0.05, 0) is 23.3 Å². The van der Waals surface area contributed by atoms with Crippen molar-refractivity contribution in [2.75, 3.05) is 0 Å². The third kappa shape index (κ3) is 2.79. The molecule has 0 radical (unpaired) electrons. The van der Waals surface area contributed by atoms with Crippen LogP contribution in [0.4, 0.5) is 0 Å². The van der Waals surface area contributed by atoms with Crippen molar-refractivity contribution >= 4 is 0 Å². The second-order valence-corrected chi connectivity index (χ2v) is 5.96. The molecule has 0 aliphatic heterocycles. The summed E-state index contributed by atoms with van der Waals surface area (Å²) >= 11 is 0. The van der Waals surface area contributed by atoms with Crippen LogP contribution in [0.25, 0.3) is 5.69 Å². The molecule has 2 aromatic carbocycles. The second kappa shape index (κ2) is 5.99. The van der Waals surface area contributed by atoms with Gasteiger partial charge in [0.05, 0.1) is 24.0 Å². The number of nitrogens with one attached hydrogen (secondary N) is 1. The number of rotatable bonds is 4. The van der Waals surface area contributed by atoms with Gasteiger partial charge in [-0.25, -0.2) is 4.68 Å². The summed E-state index contributed by atoms with van der Waals surface area (Å²) in [7, 11) is 0. The van der Waals surface area contributed by atoms with Gasteiger partial charge >= 0.3 is 0 Å². The average molecular weight is 305 g/mol. The third-order valence-electron chi connectivity index (χ3n) is 4.39. The van der Waals surface area contributed by atoms with Crippen LogP contribution < -0.4 is 5.32 Å². The van der Waals surface area contributed by atoms with E-state index in [0.29, 0.717) is 6.54 Å². The van der Waals surface area contributed by atoms with Gasteiger partial charge in [0.2, 0.25) is 0 Å². The van der Waals surface area contributed by atoms with E-state index in [1.54, 1.807) is 0 Å². The Kier molecular flexibility index (Phi) is 3.69. The summed E-state index contributed by atoms with van der Waals surface area (Å²) in [4.78, 5) is 0. The van der Waals surface area contributed by atoms with Gasteiger partial charge < -0.3 is 10.4 Å². The Balaban J connectivity index is 1.47. The minimum atomic E-state index is -0.364. The predicted octanol–water partition coefficient (Wildman–Crippen LogP) is 2.62. The Morgan fingerprint density at radius 3 is 2.74 bits per heavy atom. The smallest absolute Gasteiger partial charge is 0.0775 e. The fourth-order valence-electron chi connectivity index (χ4n) is 3.22. The predicted molar refractivity (Wildman–Crippen MR) is 89.3 cm³/mol. The molecule has 0 saturated heterocycles. The first-order chi connectivity index (χ1) is 11.3. The Morgan fingerprint density at radius 1 is 1.09 bits per heavy atom. The Morgan fingerprint density at radius 2 is 1.87 bits per heavy atom. The zero-order valence-electron chi connectivity index (χ0n) is 12.8. The Hall–Kier alpha value is -2.43. The van der Waals surface area contributed by atoms with E-state index in [1.165, 1.54) is 11.1 Å². The SMILES string of the molecule is O[C@H]1Cc2ccccc2[C@H]1NCc1cnn(-c2ccccc2)c1. The number of aromatic nitrogens is 2. The first kappa shape index (κ1) is 14.2. The van der Waals surface area contributed by atoms with Crippen LogP contribution in [0.2, 0.25) is 0 Å². The Bertz CT molecular complexity index is 797. The Labute approximate surface area is 135 Å². The zero-order chi connectivity index (χ0) is 15.6. The normalized spacial score (nSPS) is 19.7. The molecule has 0 saturated carbocycles. The van der Waals surface area contributed by atoms with Gasteiger partial charge in [0, 0.05) is 24.7 Å². The van der Waals surface area contributed by atoms with Crippen LogP contribution in [0, 0.1) is 0 Å². The zero-order valence-corrected chi connectivity index (χ0v) is 12.8. The first-order valence-electron chi connectivity index (χ1n) is 7.89. The number of benzene rings is 2. The summed E-state index contributed by atoms with van der Waals surface area (Å²) in [6.45, 7) is 0.683. The van der Waals surface area contributed by atoms with Crippen LogP contribution in [0.3, 0.4) is 0 Å². The van der Waals surface area contributed by atoms with Crippen LogP contribution in [0.5, 0.6) is 0 Å². The number of aliphatic hydroxyl groups is 1. The van der Waals surface area contributed by atoms with Crippen LogP contribution in [-0.2, 0) is 13.0 Å². The molecular weight excluding hydrogens is 286 g/mol. The fourth-order valence-corrected chi connectivity index (χ4v) is 3.22. The van der Waals surface area contributed by atoms with Crippen molar-refractivity contribution in [3.05, 3.63) is 83.7 Å². The summed E-state index contributed by atoms with van der Waals surface area (Å²) in [5.74, 6) is 0. The highest BCUT2D eigenvalue weighted by atomic mass is 16.3. The molecule has 0 bridgehead atoms. The lowest BCUT2D eigenvalue weighted by Crippen LogP contribution is -2.28. The van der Waals surface area contributed by atoms with Gasteiger partial charge in [-0.3, -0.25) is 0 Å². The van der Waals surface area contributed by atoms with Crippen molar-refractivity contribution < 1.29 is 5.11 Å². The maximum absolute atomic E-state index is 10.3. The molecule has 1 heterocycles. The van der Waals surface area contributed by atoms with E-state index < -0.39 is 0 Å². The number of hydrogen-bond acceptors (Lipinski definition) is 3. The van der Waals surface area contributed by atoms with E-state index in [-0.39, 0.29) is 12.1 Å². The van der Waals surface area contributed by atoms with Gasteiger partial charge in [-0.15, -0.1) is 0 Å². The maximum Gasteiger partial charge on any atom is 0.0775 e. The van der Waals surface area contributed by atoms with Gasteiger partial charge in [-0.1, -0.05) is 42.5 Å². The minimum Gasteiger partial charge on any atom is -0.391 e. The molecule has 4 nitrogen and oxygen atoms in total. The third-order valence-corrected chi connectivity index (χ3v) is 4.39. The largest absolute Gasteiger partial charge is 0.391 e. The number of nitrogens with zero attached hydrogens (tertiary/aromatic N) is 2. The maximum atomic E-state index is 10.3. The number of hydrogen-bond donors (Lipinski definition) is 2. The van der Waals surface area contributed by atoms with E-state index in [1.807, 2.05) is 59.5 Å². The molecular formula is C19H19N3O. The summed E-state index contributed by atoms with van der Waals surface area (Å²) < 4.78 is 1.87. The molecule has 1 aromatic heterocycles. The first-order valence-corrected chi connectivity index (χ1v) is 7.89. The van der Waals surface area contributed by atoms with Crippen molar-refractivity contribution in [3.63, 3.8) is 0 Å².